The lowest BCUT2D eigenvalue weighted by molar-refractivity contribution is -0.102. The van der Waals surface area contributed by atoms with Crippen molar-refractivity contribution in [2.75, 3.05) is 38.5 Å². The van der Waals surface area contributed by atoms with E-state index in [-0.39, 0.29) is 5.60 Å². The number of ether oxygens (including phenoxy) is 1. The Morgan fingerprint density at radius 1 is 1.35 bits per heavy atom. The number of nitrogen functional groups attached to an aromatic ring is 1. The van der Waals surface area contributed by atoms with Crippen molar-refractivity contribution in [1.29, 1.82) is 0 Å². The van der Waals surface area contributed by atoms with Gasteiger partial charge in [-0.3, -0.25) is 0 Å². The van der Waals surface area contributed by atoms with Crippen LogP contribution in [0.15, 0.2) is 6.20 Å². The normalized spacial score (nSPS) is 27.7. The van der Waals surface area contributed by atoms with Crippen molar-refractivity contribution in [3.63, 3.8) is 0 Å². The lowest BCUT2D eigenvalue weighted by Crippen LogP contribution is -2.51. The zero-order valence-electron chi connectivity index (χ0n) is 13.8. The fourth-order valence-electron chi connectivity index (χ4n) is 4.29. The van der Waals surface area contributed by atoms with Gasteiger partial charge in [-0.05, 0) is 44.2 Å². The van der Waals surface area contributed by atoms with E-state index in [9.17, 15) is 0 Å². The highest BCUT2D eigenvalue weighted by atomic mass is 16.5. The summed E-state index contributed by atoms with van der Waals surface area (Å²) in [7, 11) is 0. The largest absolute Gasteiger partial charge is 0.368 e. The molecule has 2 saturated heterocycles. The van der Waals surface area contributed by atoms with Gasteiger partial charge in [0, 0.05) is 31.9 Å². The van der Waals surface area contributed by atoms with Gasteiger partial charge >= 0.3 is 0 Å². The molecule has 4 heterocycles. The van der Waals surface area contributed by atoms with Gasteiger partial charge in [0.1, 0.15) is 5.60 Å². The van der Waals surface area contributed by atoms with E-state index in [1.54, 1.807) is 0 Å². The van der Waals surface area contributed by atoms with Crippen LogP contribution in [0, 0.1) is 0 Å². The van der Waals surface area contributed by atoms with E-state index in [4.69, 9.17) is 10.5 Å². The number of rotatable bonds is 2. The summed E-state index contributed by atoms with van der Waals surface area (Å²) in [5.74, 6) is 0.363. The highest BCUT2D eigenvalue weighted by molar-refractivity contribution is 5.32. The average molecular weight is 317 g/mol. The Morgan fingerprint density at radius 2 is 2.22 bits per heavy atom. The molecule has 126 valence electrons. The molecule has 1 aromatic heterocycles. The molecule has 3 aliphatic rings. The quantitative estimate of drug-likeness (QED) is 0.849. The van der Waals surface area contributed by atoms with Gasteiger partial charge in [0.25, 0.3) is 0 Å². The van der Waals surface area contributed by atoms with Crippen LogP contribution in [0.5, 0.6) is 0 Å². The first kappa shape index (κ1) is 15.3. The van der Waals surface area contributed by atoms with Crippen LogP contribution >= 0.6 is 0 Å². The molecule has 0 aliphatic carbocycles. The molecule has 1 aromatic rings. The van der Waals surface area contributed by atoms with E-state index < -0.39 is 0 Å². The summed E-state index contributed by atoms with van der Waals surface area (Å²) >= 11 is 0. The van der Waals surface area contributed by atoms with Crippen molar-refractivity contribution in [2.45, 2.75) is 50.2 Å². The molecule has 6 nitrogen and oxygen atoms in total. The SMILES string of the molecule is Nc1ncc2c(n1)C1(CCN(CC3CCCCN3)CC1)OCC2. The van der Waals surface area contributed by atoms with Crippen LogP contribution in [0.4, 0.5) is 5.95 Å². The molecule has 3 N–H and O–H groups in total. The lowest BCUT2D eigenvalue weighted by Gasteiger charge is -2.44. The maximum atomic E-state index is 6.24. The minimum atomic E-state index is -0.235. The predicted molar refractivity (Wildman–Crippen MR) is 89.1 cm³/mol. The topological polar surface area (TPSA) is 76.3 Å². The number of hydrogen-bond acceptors (Lipinski definition) is 6. The maximum Gasteiger partial charge on any atom is 0.220 e. The van der Waals surface area contributed by atoms with Gasteiger partial charge < -0.3 is 20.7 Å². The number of piperidine rings is 2. The lowest BCUT2D eigenvalue weighted by atomic mass is 9.83. The second-order valence-electron chi connectivity index (χ2n) is 7.14. The fourth-order valence-corrected chi connectivity index (χ4v) is 4.29. The van der Waals surface area contributed by atoms with Crippen LogP contribution in [0.3, 0.4) is 0 Å². The van der Waals surface area contributed by atoms with Crippen LogP contribution in [-0.2, 0) is 16.8 Å². The molecule has 0 amide bonds. The van der Waals surface area contributed by atoms with Crippen LogP contribution in [0.25, 0.3) is 0 Å². The van der Waals surface area contributed by atoms with Gasteiger partial charge in [-0.2, -0.15) is 0 Å². The summed E-state index contributed by atoms with van der Waals surface area (Å²) in [5, 5.41) is 3.65. The van der Waals surface area contributed by atoms with Crippen molar-refractivity contribution in [3.05, 3.63) is 17.5 Å². The monoisotopic (exact) mass is 317 g/mol. The summed E-state index contributed by atoms with van der Waals surface area (Å²) in [4.78, 5) is 11.3. The van der Waals surface area contributed by atoms with E-state index in [0.717, 1.165) is 51.2 Å². The minimum Gasteiger partial charge on any atom is -0.368 e. The number of nitrogens with one attached hydrogen (secondary N) is 1. The number of nitrogens with two attached hydrogens (primary N) is 1. The van der Waals surface area contributed by atoms with E-state index in [1.807, 2.05) is 6.20 Å². The van der Waals surface area contributed by atoms with Crippen molar-refractivity contribution < 1.29 is 4.74 Å². The fraction of sp³-hybridized carbons (Fsp3) is 0.765. The first-order chi connectivity index (χ1) is 11.3. The Bertz CT molecular complexity index is 550. The molecule has 3 aliphatic heterocycles. The molecule has 1 atom stereocenters. The number of fused-ring (bicyclic) bond motifs is 2. The molecule has 1 unspecified atom stereocenters. The molecule has 0 aromatic carbocycles. The van der Waals surface area contributed by atoms with E-state index in [0.29, 0.717) is 12.0 Å². The molecule has 2 fully saturated rings. The van der Waals surface area contributed by atoms with Crippen LogP contribution in [0.1, 0.15) is 43.4 Å². The maximum absolute atomic E-state index is 6.24. The Labute approximate surface area is 137 Å². The molecule has 6 heteroatoms. The Hall–Kier alpha value is -1.24. The zero-order valence-corrected chi connectivity index (χ0v) is 13.8. The first-order valence-corrected chi connectivity index (χ1v) is 8.97. The van der Waals surface area contributed by atoms with E-state index >= 15 is 0 Å². The van der Waals surface area contributed by atoms with E-state index in [1.165, 1.54) is 31.4 Å². The molecule has 0 saturated carbocycles. The predicted octanol–water partition coefficient (Wildman–Crippen LogP) is 1.06. The number of hydrogen-bond donors (Lipinski definition) is 2. The molecule has 1 spiro atoms. The highest BCUT2D eigenvalue weighted by Gasteiger charge is 2.42. The van der Waals surface area contributed by atoms with Gasteiger partial charge in [-0.25, -0.2) is 9.97 Å². The second-order valence-corrected chi connectivity index (χ2v) is 7.14. The number of aromatic nitrogens is 2. The smallest absolute Gasteiger partial charge is 0.220 e. The van der Waals surface area contributed by atoms with Gasteiger partial charge in [0.15, 0.2) is 0 Å². The zero-order chi connectivity index (χ0) is 15.7. The Balaban J connectivity index is 1.44. The molecule has 0 bridgehead atoms. The van der Waals surface area contributed by atoms with Gasteiger partial charge in [-0.1, -0.05) is 6.42 Å². The summed E-state index contributed by atoms with van der Waals surface area (Å²) < 4.78 is 6.24. The standard InChI is InChI=1S/C17H27N5O/c18-16-20-11-13-4-10-23-17(15(13)21-16)5-8-22(9-6-17)12-14-3-1-2-7-19-14/h11,14,19H,1-10,12H2,(H2,18,20,21). The van der Waals surface area contributed by atoms with Gasteiger partial charge in [-0.15, -0.1) is 0 Å². The Kier molecular flexibility index (Phi) is 4.22. The van der Waals surface area contributed by atoms with Crippen molar-refractivity contribution >= 4 is 5.95 Å². The highest BCUT2D eigenvalue weighted by Crippen LogP contribution is 2.40. The Morgan fingerprint density at radius 3 is 3.00 bits per heavy atom. The molecular weight excluding hydrogens is 290 g/mol. The first-order valence-electron chi connectivity index (χ1n) is 8.97. The summed E-state index contributed by atoms with van der Waals surface area (Å²) in [6, 6.07) is 0.662. The van der Waals surface area contributed by atoms with Crippen molar-refractivity contribution in [1.82, 2.24) is 20.2 Å². The van der Waals surface area contributed by atoms with Crippen LogP contribution < -0.4 is 11.1 Å². The third-order valence-corrected chi connectivity index (χ3v) is 5.62. The molecule has 23 heavy (non-hydrogen) atoms. The second kappa shape index (κ2) is 6.34. The molecule has 0 radical (unpaired) electrons. The third-order valence-electron chi connectivity index (χ3n) is 5.62. The van der Waals surface area contributed by atoms with Crippen LogP contribution in [0.2, 0.25) is 0 Å². The molecule has 4 rings (SSSR count). The number of anilines is 1. The van der Waals surface area contributed by atoms with Crippen molar-refractivity contribution in [2.24, 2.45) is 0 Å². The summed E-state index contributed by atoms with van der Waals surface area (Å²) in [5.41, 5.74) is 7.85. The van der Waals surface area contributed by atoms with Gasteiger partial charge in [0.2, 0.25) is 5.95 Å². The number of likely N-dealkylation sites (tertiary alicyclic amines) is 1. The third kappa shape index (κ3) is 3.07. The minimum absolute atomic E-state index is 0.235. The van der Waals surface area contributed by atoms with Gasteiger partial charge in [0.05, 0.1) is 12.3 Å². The number of nitrogens with zero attached hydrogens (tertiary/aromatic N) is 3. The average Bonchev–Trinajstić information content (AvgIpc) is 2.59. The van der Waals surface area contributed by atoms with E-state index in [2.05, 4.69) is 20.2 Å². The summed E-state index contributed by atoms with van der Waals surface area (Å²) in [6.45, 7) is 5.25. The van der Waals surface area contributed by atoms with Crippen molar-refractivity contribution in [3.8, 4) is 0 Å². The summed E-state index contributed by atoms with van der Waals surface area (Å²) in [6.07, 6.45) is 8.79. The van der Waals surface area contributed by atoms with Crippen LogP contribution in [-0.4, -0.2) is 53.7 Å². The molecular formula is C17H27N5O.